The van der Waals surface area contributed by atoms with Crippen LogP contribution in [0.3, 0.4) is 0 Å². The normalized spacial score (nSPS) is 10.8. The van der Waals surface area contributed by atoms with Crippen molar-refractivity contribution in [2.75, 3.05) is 7.11 Å². The molecule has 1 aromatic heterocycles. The number of methoxy groups -OCH3 is 1. The van der Waals surface area contributed by atoms with E-state index in [1.165, 1.54) is 7.11 Å². The molecule has 0 radical (unpaired) electrons. The first-order chi connectivity index (χ1) is 9.20. The molecule has 1 N–H and O–H groups in total. The number of ketones is 1. The number of nitrogens with one attached hydrogen (secondary N) is 1. The number of hydrogen-bond acceptors (Lipinski definition) is 3. The van der Waals surface area contributed by atoms with Gasteiger partial charge in [-0.05, 0) is 12.1 Å². The first-order valence-corrected chi connectivity index (χ1v) is 5.84. The van der Waals surface area contributed by atoms with Gasteiger partial charge >= 0.3 is 5.97 Å². The van der Waals surface area contributed by atoms with Crippen LogP contribution in [0.4, 0.5) is 0 Å². The lowest BCUT2D eigenvalue weighted by Crippen LogP contribution is -2.15. The highest BCUT2D eigenvalue weighted by atomic mass is 16.5. The maximum Gasteiger partial charge on any atom is 0.379 e. The van der Waals surface area contributed by atoms with Crippen molar-refractivity contribution in [1.29, 1.82) is 0 Å². The molecule has 2 aromatic carbocycles. The maximum absolute atomic E-state index is 11.7. The predicted molar refractivity (Wildman–Crippen MR) is 72.2 cm³/mol. The summed E-state index contributed by atoms with van der Waals surface area (Å²) in [6, 6.07) is 13.0. The van der Waals surface area contributed by atoms with Crippen molar-refractivity contribution in [2.45, 2.75) is 0 Å². The number of carbonyl (C=O) groups is 2. The highest BCUT2D eigenvalue weighted by Crippen LogP contribution is 2.25. The number of esters is 1. The van der Waals surface area contributed by atoms with Gasteiger partial charge in [0.05, 0.1) is 7.11 Å². The molecule has 94 valence electrons. The van der Waals surface area contributed by atoms with E-state index in [2.05, 4.69) is 9.72 Å². The van der Waals surface area contributed by atoms with Crippen LogP contribution in [0.1, 0.15) is 10.4 Å². The summed E-state index contributed by atoms with van der Waals surface area (Å²) in [5, 5.41) is 2.12. The standard InChI is InChI=1S/C15H11NO3/c1-19-15(18)14(17)9-6-7-11-10-4-2-3-5-12(10)16-13(11)8-9/h2-8,16H,1H3. The lowest BCUT2D eigenvalue weighted by Gasteiger charge is -1.99. The minimum absolute atomic E-state index is 0.325. The molecule has 0 aliphatic rings. The Morgan fingerprint density at radius 1 is 1.00 bits per heavy atom. The van der Waals surface area contributed by atoms with Crippen molar-refractivity contribution >= 4 is 33.6 Å². The molecule has 3 rings (SSSR count). The first-order valence-electron chi connectivity index (χ1n) is 5.84. The average molecular weight is 253 g/mol. The third kappa shape index (κ3) is 1.78. The Bertz CT molecular complexity index is 801. The largest absolute Gasteiger partial charge is 0.463 e. The van der Waals surface area contributed by atoms with Crippen LogP contribution in [0, 0.1) is 0 Å². The fourth-order valence-electron chi connectivity index (χ4n) is 2.21. The van der Waals surface area contributed by atoms with E-state index in [-0.39, 0.29) is 0 Å². The number of fused-ring (bicyclic) bond motifs is 3. The SMILES string of the molecule is COC(=O)C(=O)c1ccc2c(c1)[nH]c1ccccc12. The molecule has 0 aliphatic heterocycles. The smallest absolute Gasteiger partial charge is 0.379 e. The second kappa shape index (κ2) is 4.24. The van der Waals surface area contributed by atoms with Gasteiger partial charge in [0.1, 0.15) is 0 Å². The molecule has 3 aromatic rings. The van der Waals surface area contributed by atoms with Crippen molar-refractivity contribution in [2.24, 2.45) is 0 Å². The third-order valence-corrected chi connectivity index (χ3v) is 3.14. The number of H-pyrrole nitrogens is 1. The van der Waals surface area contributed by atoms with E-state index in [0.29, 0.717) is 5.56 Å². The van der Waals surface area contributed by atoms with Crippen LogP contribution in [0.15, 0.2) is 42.5 Å². The zero-order chi connectivity index (χ0) is 13.4. The second-order valence-electron chi connectivity index (χ2n) is 4.25. The van der Waals surface area contributed by atoms with Crippen molar-refractivity contribution in [1.82, 2.24) is 4.98 Å². The molecular formula is C15H11NO3. The second-order valence-corrected chi connectivity index (χ2v) is 4.25. The van der Waals surface area contributed by atoms with E-state index >= 15 is 0 Å². The number of hydrogen-bond donors (Lipinski definition) is 1. The van der Waals surface area contributed by atoms with Gasteiger partial charge in [0, 0.05) is 27.4 Å². The van der Waals surface area contributed by atoms with Gasteiger partial charge in [0.2, 0.25) is 0 Å². The van der Waals surface area contributed by atoms with Crippen LogP contribution in [0.5, 0.6) is 0 Å². The van der Waals surface area contributed by atoms with E-state index < -0.39 is 11.8 Å². The van der Waals surface area contributed by atoms with Gasteiger partial charge in [-0.15, -0.1) is 0 Å². The number of carbonyl (C=O) groups excluding carboxylic acids is 2. The molecular weight excluding hydrogens is 242 g/mol. The van der Waals surface area contributed by atoms with Crippen LogP contribution >= 0.6 is 0 Å². The molecule has 19 heavy (non-hydrogen) atoms. The van der Waals surface area contributed by atoms with Crippen molar-refractivity contribution in [3.05, 3.63) is 48.0 Å². The van der Waals surface area contributed by atoms with Crippen molar-refractivity contribution in [3.8, 4) is 0 Å². The first kappa shape index (κ1) is 11.5. The molecule has 1 heterocycles. The molecule has 0 atom stereocenters. The molecule has 4 heteroatoms. The predicted octanol–water partition coefficient (Wildman–Crippen LogP) is 2.68. The Labute approximate surface area is 109 Å². The van der Waals surface area contributed by atoms with Crippen LogP contribution in [-0.2, 0) is 9.53 Å². The van der Waals surface area contributed by atoms with Gasteiger partial charge in [-0.3, -0.25) is 4.79 Å². The molecule has 4 nitrogen and oxygen atoms in total. The lowest BCUT2D eigenvalue weighted by atomic mass is 10.1. The Balaban J connectivity index is 2.19. The van der Waals surface area contributed by atoms with E-state index in [0.717, 1.165) is 21.8 Å². The van der Waals surface area contributed by atoms with Crippen molar-refractivity contribution < 1.29 is 14.3 Å². The summed E-state index contributed by atoms with van der Waals surface area (Å²) in [5.41, 5.74) is 2.15. The highest BCUT2D eigenvalue weighted by molar-refractivity contribution is 6.41. The highest BCUT2D eigenvalue weighted by Gasteiger charge is 2.17. The fraction of sp³-hybridized carbons (Fsp3) is 0.0667. The molecule has 0 saturated carbocycles. The number of Topliss-reactive ketones (excluding diaryl/α,β-unsaturated/α-hetero) is 1. The van der Waals surface area contributed by atoms with Gasteiger partial charge in [-0.25, -0.2) is 4.79 Å². The monoisotopic (exact) mass is 253 g/mol. The minimum atomic E-state index is -0.851. The summed E-state index contributed by atoms with van der Waals surface area (Å²) in [6.45, 7) is 0. The fourth-order valence-corrected chi connectivity index (χ4v) is 2.21. The molecule has 0 amide bonds. The van der Waals surface area contributed by atoms with Crippen molar-refractivity contribution in [3.63, 3.8) is 0 Å². The molecule has 0 bridgehead atoms. The molecule has 0 aliphatic carbocycles. The van der Waals surface area contributed by atoms with Gasteiger partial charge in [-0.2, -0.15) is 0 Å². The van der Waals surface area contributed by atoms with Crippen LogP contribution in [0.25, 0.3) is 21.8 Å². The summed E-state index contributed by atoms with van der Waals surface area (Å²) in [4.78, 5) is 26.2. The zero-order valence-corrected chi connectivity index (χ0v) is 10.3. The lowest BCUT2D eigenvalue weighted by molar-refractivity contribution is -0.135. The van der Waals surface area contributed by atoms with E-state index in [1.54, 1.807) is 12.1 Å². The Morgan fingerprint density at radius 3 is 2.53 bits per heavy atom. The van der Waals surface area contributed by atoms with Crippen LogP contribution in [-0.4, -0.2) is 23.8 Å². The summed E-state index contributed by atoms with van der Waals surface area (Å²) < 4.78 is 4.44. The quantitative estimate of drug-likeness (QED) is 0.434. The van der Waals surface area contributed by atoms with Crippen LogP contribution < -0.4 is 0 Å². The number of aromatic amines is 1. The van der Waals surface area contributed by atoms with E-state index in [4.69, 9.17) is 0 Å². The number of rotatable bonds is 2. The van der Waals surface area contributed by atoms with Crippen LogP contribution in [0.2, 0.25) is 0 Å². The number of para-hydroxylation sites is 1. The van der Waals surface area contributed by atoms with Gasteiger partial charge < -0.3 is 9.72 Å². The summed E-state index contributed by atoms with van der Waals surface area (Å²) >= 11 is 0. The number of aromatic nitrogens is 1. The van der Waals surface area contributed by atoms with E-state index in [9.17, 15) is 9.59 Å². The Hall–Kier alpha value is -2.62. The maximum atomic E-state index is 11.7. The third-order valence-electron chi connectivity index (χ3n) is 3.14. The molecule has 0 spiro atoms. The number of ether oxygens (including phenoxy) is 1. The topological polar surface area (TPSA) is 59.2 Å². The average Bonchev–Trinajstić information content (AvgIpc) is 2.83. The Morgan fingerprint density at radius 2 is 1.74 bits per heavy atom. The molecule has 0 saturated heterocycles. The van der Waals surface area contributed by atoms with E-state index in [1.807, 2.05) is 30.3 Å². The molecule has 0 fully saturated rings. The van der Waals surface area contributed by atoms with Gasteiger partial charge in [-0.1, -0.05) is 30.3 Å². The van der Waals surface area contributed by atoms with Gasteiger partial charge in [0.25, 0.3) is 5.78 Å². The Kier molecular flexibility index (Phi) is 2.56. The zero-order valence-electron chi connectivity index (χ0n) is 10.3. The minimum Gasteiger partial charge on any atom is -0.463 e. The summed E-state index contributed by atoms with van der Waals surface area (Å²) in [7, 11) is 1.20. The number of benzene rings is 2. The van der Waals surface area contributed by atoms with Gasteiger partial charge in [0.15, 0.2) is 0 Å². The summed E-state index contributed by atoms with van der Waals surface area (Å²) in [5.74, 6) is -1.49. The molecule has 0 unspecified atom stereocenters. The summed E-state index contributed by atoms with van der Waals surface area (Å²) in [6.07, 6.45) is 0.